The summed E-state index contributed by atoms with van der Waals surface area (Å²) in [7, 11) is 0. The predicted molar refractivity (Wildman–Crippen MR) is 93.7 cm³/mol. The van der Waals surface area contributed by atoms with E-state index in [1.54, 1.807) is 23.1 Å². The van der Waals surface area contributed by atoms with Gasteiger partial charge in [0.05, 0.1) is 6.61 Å². The lowest BCUT2D eigenvalue weighted by atomic mass is 10.0. The fourth-order valence-corrected chi connectivity index (χ4v) is 2.90. The van der Waals surface area contributed by atoms with Crippen molar-refractivity contribution in [3.05, 3.63) is 30.4 Å². The quantitative estimate of drug-likeness (QED) is 0.860. The number of carbonyl (C=O) groups is 1. The normalized spacial score (nSPS) is 15.2. The Morgan fingerprint density at radius 1 is 1.28 bits per heavy atom. The van der Waals surface area contributed by atoms with Crippen molar-refractivity contribution in [3.63, 3.8) is 0 Å². The molecule has 0 unspecified atom stereocenters. The van der Waals surface area contributed by atoms with Gasteiger partial charge in [-0.3, -0.25) is 9.48 Å². The second-order valence-electron chi connectivity index (χ2n) is 5.91. The summed E-state index contributed by atoms with van der Waals surface area (Å²) < 4.78 is 7.27. The van der Waals surface area contributed by atoms with Gasteiger partial charge in [-0.1, -0.05) is 0 Å². The van der Waals surface area contributed by atoms with Crippen molar-refractivity contribution < 1.29 is 9.53 Å². The summed E-state index contributed by atoms with van der Waals surface area (Å²) in [5.74, 6) is 1.18. The molecule has 134 valence electrons. The summed E-state index contributed by atoms with van der Waals surface area (Å²) in [5.41, 5.74) is 0.515. The Morgan fingerprint density at radius 2 is 2.04 bits per heavy atom. The van der Waals surface area contributed by atoms with E-state index in [9.17, 15) is 4.79 Å². The van der Waals surface area contributed by atoms with Crippen LogP contribution in [0.4, 0.5) is 5.82 Å². The van der Waals surface area contributed by atoms with Gasteiger partial charge in [0.15, 0.2) is 5.82 Å². The number of carbonyl (C=O) groups excluding carboxylic acids is 1. The highest BCUT2D eigenvalue weighted by Crippen LogP contribution is 2.22. The Balaban J connectivity index is 1.56. The number of aryl methyl sites for hydroxylation is 1. The standard InChI is InChI=1S/C17H24N6O2/c1-3-23-12-7-14(21-23)17(24)22-10-5-13(6-11-22)20-15-16(25-4-2)19-9-8-18-15/h7-9,12-13H,3-6,10-11H2,1-2H3,(H,18,20). The number of hydrogen-bond donors (Lipinski definition) is 1. The minimum Gasteiger partial charge on any atom is -0.475 e. The number of ether oxygens (including phenoxy) is 1. The van der Waals surface area contributed by atoms with Crippen LogP contribution in [0.1, 0.15) is 37.2 Å². The second-order valence-corrected chi connectivity index (χ2v) is 5.91. The molecule has 1 saturated heterocycles. The first-order valence-electron chi connectivity index (χ1n) is 8.74. The molecule has 1 N–H and O–H groups in total. The van der Waals surface area contributed by atoms with Crippen LogP contribution in [0, 0.1) is 0 Å². The zero-order valence-electron chi connectivity index (χ0n) is 14.7. The monoisotopic (exact) mass is 344 g/mol. The molecule has 3 heterocycles. The number of anilines is 1. The lowest BCUT2D eigenvalue weighted by Crippen LogP contribution is -2.42. The highest BCUT2D eigenvalue weighted by atomic mass is 16.5. The Hall–Kier alpha value is -2.64. The van der Waals surface area contributed by atoms with Crippen LogP contribution in [-0.4, -0.2) is 56.3 Å². The summed E-state index contributed by atoms with van der Waals surface area (Å²) in [4.78, 5) is 22.9. The van der Waals surface area contributed by atoms with Crippen LogP contribution in [0.25, 0.3) is 0 Å². The second kappa shape index (κ2) is 7.96. The predicted octanol–water partition coefficient (Wildman–Crippen LogP) is 1.81. The fourth-order valence-electron chi connectivity index (χ4n) is 2.90. The molecule has 1 fully saturated rings. The molecule has 25 heavy (non-hydrogen) atoms. The largest absolute Gasteiger partial charge is 0.475 e. The molecule has 1 aliphatic rings. The van der Waals surface area contributed by atoms with E-state index in [0.717, 1.165) is 19.4 Å². The highest BCUT2D eigenvalue weighted by molar-refractivity contribution is 5.92. The maximum Gasteiger partial charge on any atom is 0.274 e. The fraction of sp³-hybridized carbons (Fsp3) is 0.529. The number of piperidine rings is 1. The van der Waals surface area contributed by atoms with E-state index in [0.29, 0.717) is 37.1 Å². The van der Waals surface area contributed by atoms with Crippen LogP contribution in [0.15, 0.2) is 24.7 Å². The SMILES string of the molecule is CCOc1nccnc1NC1CCN(C(=O)c2ccn(CC)n2)CC1. The smallest absolute Gasteiger partial charge is 0.274 e. The lowest BCUT2D eigenvalue weighted by molar-refractivity contribution is 0.0711. The molecule has 0 radical (unpaired) electrons. The summed E-state index contributed by atoms with van der Waals surface area (Å²) in [5, 5.41) is 7.69. The van der Waals surface area contributed by atoms with Gasteiger partial charge in [0.1, 0.15) is 5.69 Å². The van der Waals surface area contributed by atoms with Gasteiger partial charge in [0.2, 0.25) is 0 Å². The van der Waals surface area contributed by atoms with Crippen LogP contribution < -0.4 is 10.1 Å². The van der Waals surface area contributed by atoms with E-state index in [2.05, 4.69) is 20.4 Å². The van der Waals surface area contributed by atoms with E-state index in [1.165, 1.54) is 0 Å². The molecule has 3 rings (SSSR count). The minimum atomic E-state index is 0.000146. The third-order valence-electron chi connectivity index (χ3n) is 4.25. The zero-order chi connectivity index (χ0) is 17.6. The van der Waals surface area contributed by atoms with Crippen LogP contribution in [0.2, 0.25) is 0 Å². The van der Waals surface area contributed by atoms with Gasteiger partial charge < -0.3 is 15.0 Å². The number of aromatic nitrogens is 4. The summed E-state index contributed by atoms with van der Waals surface area (Å²) >= 11 is 0. The Morgan fingerprint density at radius 3 is 2.72 bits per heavy atom. The number of amides is 1. The average molecular weight is 344 g/mol. The van der Waals surface area contributed by atoms with Crippen molar-refractivity contribution in [2.45, 2.75) is 39.3 Å². The molecule has 0 aromatic carbocycles. The van der Waals surface area contributed by atoms with Crippen molar-refractivity contribution in [3.8, 4) is 5.88 Å². The van der Waals surface area contributed by atoms with E-state index in [-0.39, 0.29) is 11.9 Å². The molecule has 1 aliphatic heterocycles. The maximum atomic E-state index is 12.5. The van der Waals surface area contributed by atoms with Gasteiger partial charge in [-0.15, -0.1) is 0 Å². The molecular weight excluding hydrogens is 320 g/mol. The number of hydrogen-bond acceptors (Lipinski definition) is 6. The van der Waals surface area contributed by atoms with Crippen LogP contribution in [-0.2, 0) is 6.54 Å². The molecule has 1 amide bonds. The van der Waals surface area contributed by atoms with E-state index < -0.39 is 0 Å². The lowest BCUT2D eigenvalue weighted by Gasteiger charge is -2.32. The van der Waals surface area contributed by atoms with Crippen LogP contribution in [0.5, 0.6) is 5.88 Å². The average Bonchev–Trinajstić information content (AvgIpc) is 3.13. The van der Waals surface area contributed by atoms with Crippen molar-refractivity contribution in [2.24, 2.45) is 0 Å². The molecule has 2 aromatic heterocycles. The molecule has 0 atom stereocenters. The first-order chi connectivity index (χ1) is 12.2. The molecule has 8 heteroatoms. The van der Waals surface area contributed by atoms with Crippen molar-refractivity contribution in [1.82, 2.24) is 24.6 Å². The first-order valence-corrected chi connectivity index (χ1v) is 8.74. The van der Waals surface area contributed by atoms with E-state index in [1.807, 2.05) is 24.9 Å². The number of nitrogens with one attached hydrogen (secondary N) is 1. The van der Waals surface area contributed by atoms with Crippen molar-refractivity contribution >= 4 is 11.7 Å². The Kier molecular flexibility index (Phi) is 5.47. The molecule has 8 nitrogen and oxygen atoms in total. The number of nitrogens with zero attached hydrogens (tertiary/aromatic N) is 5. The van der Waals surface area contributed by atoms with Crippen molar-refractivity contribution in [2.75, 3.05) is 25.0 Å². The van der Waals surface area contributed by atoms with Gasteiger partial charge in [0, 0.05) is 44.3 Å². The molecule has 0 spiro atoms. The first kappa shape index (κ1) is 17.2. The topological polar surface area (TPSA) is 85.2 Å². The Bertz CT molecular complexity index is 709. The molecule has 2 aromatic rings. The van der Waals surface area contributed by atoms with Crippen LogP contribution in [0.3, 0.4) is 0 Å². The van der Waals surface area contributed by atoms with Gasteiger partial charge in [0.25, 0.3) is 11.8 Å². The molecule has 0 saturated carbocycles. The minimum absolute atomic E-state index is 0.000146. The Labute approximate surface area is 147 Å². The van der Waals surface area contributed by atoms with Crippen LogP contribution >= 0.6 is 0 Å². The zero-order valence-corrected chi connectivity index (χ0v) is 14.7. The van der Waals surface area contributed by atoms with Gasteiger partial charge in [-0.25, -0.2) is 9.97 Å². The molecular formula is C17H24N6O2. The highest BCUT2D eigenvalue weighted by Gasteiger charge is 2.25. The van der Waals surface area contributed by atoms with E-state index in [4.69, 9.17) is 4.74 Å². The maximum absolute atomic E-state index is 12.5. The summed E-state index contributed by atoms with van der Waals surface area (Å²) in [6.07, 6.45) is 6.80. The summed E-state index contributed by atoms with van der Waals surface area (Å²) in [6.45, 7) is 6.62. The van der Waals surface area contributed by atoms with Gasteiger partial charge >= 0.3 is 0 Å². The molecule has 0 bridgehead atoms. The molecule has 0 aliphatic carbocycles. The van der Waals surface area contributed by atoms with Gasteiger partial charge in [-0.05, 0) is 32.8 Å². The van der Waals surface area contributed by atoms with Gasteiger partial charge in [-0.2, -0.15) is 5.10 Å². The number of likely N-dealkylation sites (tertiary alicyclic amines) is 1. The van der Waals surface area contributed by atoms with E-state index >= 15 is 0 Å². The number of rotatable bonds is 6. The third-order valence-corrected chi connectivity index (χ3v) is 4.25. The third kappa shape index (κ3) is 4.07. The van der Waals surface area contributed by atoms with Crippen molar-refractivity contribution in [1.29, 1.82) is 0 Å². The summed E-state index contributed by atoms with van der Waals surface area (Å²) in [6, 6.07) is 2.03.